The Morgan fingerprint density at radius 2 is 2.07 bits per heavy atom. The van der Waals surface area contributed by atoms with E-state index in [0.29, 0.717) is 6.54 Å². The molecular formula is C10H12BFNO. The average Bonchev–Trinajstić information content (AvgIpc) is 2.57. The van der Waals surface area contributed by atoms with Gasteiger partial charge in [-0.1, -0.05) is 6.07 Å². The number of fused-ring (bicyclic) bond motifs is 1. The molecule has 73 valence electrons. The number of benzene rings is 1. The van der Waals surface area contributed by atoms with E-state index in [2.05, 4.69) is 0 Å². The summed E-state index contributed by atoms with van der Waals surface area (Å²) in [5.74, 6) is -0.113. The Morgan fingerprint density at radius 1 is 1.36 bits per heavy atom. The first kappa shape index (κ1) is 9.68. The van der Waals surface area contributed by atoms with Crippen LogP contribution in [0.3, 0.4) is 0 Å². The van der Waals surface area contributed by atoms with Crippen LogP contribution in [0.2, 0.25) is 0 Å². The van der Waals surface area contributed by atoms with E-state index in [0.717, 1.165) is 23.2 Å². The van der Waals surface area contributed by atoms with Crippen molar-refractivity contribution in [1.29, 1.82) is 0 Å². The first-order valence-electron chi connectivity index (χ1n) is 4.59. The fourth-order valence-corrected chi connectivity index (χ4v) is 1.86. The van der Waals surface area contributed by atoms with E-state index in [1.165, 1.54) is 6.07 Å². The predicted molar refractivity (Wildman–Crippen MR) is 53.1 cm³/mol. The van der Waals surface area contributed by atoms with E-state index < -0.39 is 0 Å². The molecule has 14 heavy (non-hydrogen) atoms. The topological polar surface area (TPSA) is 12.5 Å². The van der Waals surface area contributed by atoms with Gasteiger partial charge in [-0.15, -0.1) is 0 Å². The van der Waals surface area contributed by atoms with Crippen LogP contribution >= 0.6 is 0 Å². The molecule has 0 amide bonds. The van der Waals surface area contributed by atoms with Gasteiger partial charge in [0.25, 0.3) is 0 Å². The van der Waals surface area contributed by atoms with E-state index in [1.807, 2.05) is 17.8 Å². The van der Waals surface area contributed by atoms with Crippen LogP contribution < -0.4 is 0 Å². The summed E-state index contributed by atoms with van der Waals surface area (Å²) in [4.78, 5) is 1.96. The Balaban J connectivity index is 2.29. The van der Waals surface area contributed by atoms with Gasteiger partial charge >= 0.3 is 7.62 Å². The minimum atomic E-state index is -0.113. The van der Waals surface area contributed by atoms with Crippen LogP contribution in [0.1, 0.15) is 16.7 Å². The maximum absolute atomic E-state index is 13.4. The van der Waals surface area contributed by atoms with Crippen LogP contribution in [0, 0.1) is 12.7 Å². The molecule has 1 aromatic carbocycles. The summed E-state index contributed by atoms with van der Waals surface area (Å²) in [5.41, 5.74) is 3.05. The van der Waals surface area contributed by atoms with Crippen molar-refractivity contribution >= 4 is 7.62 Å². The molecular weight excluding hydrogens is 180 g/mol. The molecule has 1 heterocycles. The molecule has 2 rings (SSSR count). The molecule has 0 aromatic heterocycles. The summed E-state index contributed by atoms with van der Waals surface area (Å²) in [6.45, 7) is 3.36. The highest BCUT2D eigenvalue weighted by molar-refractivity contribution is 6.23. The second-order valence-corrected chi connectivity index (χ2v) is 3.57. The zero-order valence-corrected chi connectivity index (χ0v) is 8.38. The van der Waals surface area contributed by atoms with Crippen LogP contribution in [-0.2, 0) is 17.7 Å². The Morgan fingerprint density at radius 3 is 2.71 bits per heavy atom. The van der Waals surface area contributed by atoms with Gasteiger partial charge in [0.05, 0.1) is 0 Å². The van der Waals surface area contributed by atoms with Gasteiger partial charge in [0.2, 0.25) is 0 Å². The molecule has 0 bridgehead atoms. The first-order valence-corrected chi connectivity index (χ1v) is 4.59. The summed E-state index contributed by atoms with van der Waals surface area (Å²) in [6.07, 6.45) is 0. The highest BCUT2D eigenvalue weighted by atomic mass is 19.1. The molecule has 0 saturated heterocycles. The molecule has 0 spiro atoms. The molecule has 1 radical (unpaired) electrons. The van der Waals surface area contributed by atoms with E-state index in [4.69, 9.17) is 4.65 Å². The van der Waals surface area contributed by atoms with Gasteiger partial charge in [-0.2, -0.15) is 0 Å². The molecule has 0 fully saturated rings. The Labute approximate surface area is 84.0 Å². The van der Waals surface area contributed by atoms with Gasteiger partial charge in [-0.05, 0) is 24.1 Å². The van der Waals surface area contributed by atoms with Crippen molar-refractivity contribution in [1.82, 2.24) is 4.81 Å². The Hall–Kier alpha value is -0.865. The Bertz CT molecular complexity index is 325. The van der Waals surface area contributed by atoms with Crippen LogP contribution in [-0.4, -0.2) is 19.5 Å². The highest BCUT2D eigenvalue weighted by Gasteiger charge is 2.23. The standard InChI is InChI=1S/C10H12BFNO/c1-7-3-4-10(12)9-6-13(11-14-2)5-8(7)9/h3-4H,5-6H2,1-2H3. The van der Waals surface area contributed by atoms with Crippen LogP contribution in [0.15, 0.2) is 12.1 Å². The van der Waals surface area contributed by atoms with E-state index in [-0.39, 0.29) is 5.82 Å². The third-order valence-electron chi connectivity index (χ3n) is 2.59. The lowest BCUT2D eigenvalue weighted by atomic mass is 10.0. The van der Waals surface area contributed by atoms with Crippen LogP contribution in [0.25, 0.3) is 0 Å². The SMILES string of the molecule is CO[B]N1Cc2c(C)ccc(F)c2C1. The minimum absolute atomic E-state index is 0.113. The summed E-state index contributed by atoms with van der Waals surface area (Å²) in [6, 6.07) is 3.36. The van der Waals surface area contributed by atoms with E-state index in [9.17, 15) is 4.39 Å². The number of hydrogen-bond donors (Lipinski definition) is 0. The van der Waals surface area contributed by atoms with Crippen molar-refractivity contribution < 1.29 is 9.04 Å². The number of nitrogens with zero attached hydrogens (tertiary/aromatic N) is 1. The highest BCUT2D eigenvalue weighted by Crippen LogP contribution is 2.27. The van der Waals surface area contributed by atoms with Gasteiger partial charge in [0.1, 0.15) is 5.82 Å². The largest absolute Gasteiger partial charge is 0.427 e. The van der Waals surface area contributed by atoms with Crippen molar-refractivity contribution in [2.45, 2.75) is 20.0 Å². The third kappa shape index (κ3) is 1.55. The second-order valence-electron chi connectivity index (χ2n) is 3.57. The zero-order chi connectivity index (χ0) is 10.1. The van der Waals surface area contributed by atoms with Gasteiger partial charge in [0, 0.05) is 25.8 Å². The number of hydrogen-bond acceptors (Lipinski definition) is 2. The van der Waals surface area contributed by atoms with Gasteiger partial charge in [0.15, 0.2) is 0 Å². The van der Waals surface area contributed by atoms with E-state index >= 15 is 0 Å². The lowest BCUT2D eigenvalue weighted by Gasteiger charge is -2.09. The van der Waals surface area contributed by atoms with Gasteiger partial charge in [-0.25, -0.2) is 4.39 Å². The monoisotopic (exact) mass is 192 g/mol. The summed E-state index contributed by atoms with van der Waals surface area (Å²) >= 11 is 0. The molecule has 0 aliphatic carbocycles. The summed E-state index contributed by atoms with van der Waals surface area (Å²) in [5, 5.41) is 0. The lowest BCUT2D eigenvalue weighted by Crippen LogP contribution is -2.22. The number of rotatable bonds is 2. The molecule has 1 aliphatic rings. The number of aryl methyl sites for hydroxylation is 1. The molecule has 1 aromatic rings. The van der Waals surface area contributed by atoms with Crippen molar-refractivity contribution in [3.63, 3.8) is 0 Å². The molecule has 0 saturated carbocycles. The summed E-state index contributed by atoms with van der Waals surface area (Å²) < 4.78 is 18.3. The van der Waals surface area contributed by atoms with Crippen molar-refractivity contribution in [3.8, 4) is 0 Å². The number of halogens is 1. The van der Waals surface area contributed by atoms with Crippen LogP contribution in [0.4, 0.5) is 4.39 Å². The van der Waals surface area contributed by atoms with Gasteiger partial charge in [-0.3, -0.25) is 0 Å². The van der Waals surface area contributed by atoms with Crippen molar-refractivity contribution in [3.05, 3.63) is 34.6 Å². The second kappa shape index (κ2) is 3.71. The quantitative estimate of drug-likeness (QED) is 0.660. The molecule has 0 atom stereocenters. The molecule has 2 nitrogen and oxygen atoms in total. The smallest absolute Gasteiger partial charge is 0.399 e. The van der Waals surface area contributed by atoms with Crippen molar-refractivity contribution in [2.24, 2.45) is 0 Å². The van der Waals surface area contributed by atoms with E-state index in [1.54, 1.807) is 14.7 Å². The zero-order valence-electron chi connectivity index (χ0n) is 8.38. The molecule has 4 heteroatoms. The third-order valence-corrected chi connectivity index (χ3v) is 2.59. The molecule has 0 N–H and O–H groups in total. The fraction of sp³-hybridized carbons (Fsp3) is 0.400. The Kier molecular flexibility index (Phi) is 2.57. The fourth-order valence-electron chi connectivity index (χ4n) is 1.86. The maximum Gasteiger partial charge on any atom is 0.399 e. The minimum Gasteiger partial charge on any atom is -0.427 e. The lowest BCUT2D eigenvalue weighted by molar-refractivity contribution is 0.344. The predicted octanol–water partition coefficient (Wildman–Crippen LogP) is 1.63. The van der Waals surface area contributed by atoms with Gasteiger partial charge < -0.3 is 9.47 Å². The van der Waals surface area contributed by atoms with Crippen LogP contribution in [0.5, 0.6) is 0 Å². The average molecular weight is 192 g/mol. The van der Waals surface area contributed by atoms with Crippen molar-refractivity contribution in [2.75, 3.05) is 7.11 Å². The normalized spacial score (nSPS) is 15.6. The summed E-state index contributed by atoms with van der Waals surface area (Å²) in [7, 11) is 3.24. The first-order chi connectivity index (χ1) is 6.72. The molecule has 1 aliphatic heterocycles. The molecule has 0 unspecified atom stereocenters. The maximum atomic E-state index is 13.4.